The van der Waals surface area contributed by atoms with Crippen molar-refractivity contribution in [3.05, 3.63) is 35.4 Å². The topological polar surface area (TPSA) is 66.6 Å². The van der Waals surface area contributed by atoms with E-state index in [0.717, 1.165) is 4.31 Å². The molecule has 2 rings (SSSR count). The van der Waals surface area contributed by atoms with Crippen LogP contribution in [0.2, 0.25) is 0 Å². The molecule has 0 aromatic heterocycles. The molecule has 1 aliphatic heterocycles. The van der Waals surface area contributed by atoms with E-state index in [0.29, 0.717) is 13.1 Å². The van der Waals surface area contributed by atoms with Crippen LogP contribution in [0.5, 0.6) is 0 Å². The van der Waals surface area contributed by atoms with Gasteiger partial charge in [0.15, 0.2) is 0 Å². The standard InChI is InChI=1S/C12H17F2N3O2S/c1-9(12-10(13)3-2-4-11(12)14)16-5-7-17(8-6-16)20(15,18)19/h2-4,9H,5-8H2,1H3,(H2,15,18,19)/t9-/m1/s1. The molecule has 0 spiro atoms. The molecule has 0 aliphatic carbocycles. The van der Waals surface area contributed by atoms with Gasteiger partial charge in [-0.15, -0.1) is 0 Å². The third-order valence-electron chi connectivity index (χ3n) is 3.60. The molecule has 1 aliphatic rings. The Labute approximate surface area is 117 Å². The molecule has 0 radical (unpaired) electrons. The van der Waals surface area contributed by atoms with Crippen molar-refractivity contribution in [3.63, 3.8) is 0 Å². The highest BCUT2D eigenvalue weighted by molar-refractivity contribution is 7.86. The first-order valence-corrected chi connectivity index (χ1v) is 7.77. The Kier molecular flexibility index (Phi) is 4.38. The summed E-state index contributed by atoms with van der Waals surface area (Å²) in [5.41, 5.74) is 0.0107. The molecule has 1 atom stereocenters. The Morgan fingerprint density at radius 3 is 2.10 bits per heavy atom. The van der Waals surface area contributed by atoms with Crippen molar-refractivity contribution in [1.29, 1.82) is 0 Å². The number of nitrogens with zero attached hydrogens (tertiary/aromatic N) is 2. The second-order valence-electron chi connectivity index (χ2n) is 4.79. The van der Waals surface area contributed by atoms with Crippen molar-refractivity contribution >= 4 is 10.2 Å². The molecule has 0 unspecified atom stereocenters. The molecule has 8 heteroatoms. The lowest BCUT2D eigenvalue weighted by Gasteiger charge is -2.36. The molecule has 112 valence electrons. The van der Waals surface area contributed by atoms with E-state index in [4.69, 9.17) is 5.14 Å². The van der Waals surface area contributed by atoms with Crippen LogP contribution in [0.15, 0.2) is 18.2 Å². The van der Waals surface area contributed by atoms with E-state index in [1.807, 2.05) is 4.90 Å². The molecule has 0 bridgehead atoms. The van der Waals surface area contributed by atoms with Crippen molar-refractivity contribution in [2.45, 2.75) is 13.0 Å². The predicted molar refractivity (Wildman–Crippen MR) is 71.0 cm³/mol. The van der Waals surface area contributed by atoms with Crippen molar-refractivity contribution in [1.82, 2.24) is 9.21 Å². The molecule has 1 aromatic carbocycles. The van der Waals surface area contributed by atoms with Crippen LogP contribution in [0, 0.1) is 11.6 Å². The lowest BCUT2D eigenvalue weighted by atomic mass is 10.0. The van der Waals surface area contributed by atoms with Gasteiger partial charge >= 0.3 is 0 Å². The van der Waals surface area contributed by atoms with Gasteiger partial charge in [-0.25, -0.2) is 13.9 Å². The lowest BCUT2D eigenvalue weighted by molar-refractivity contribution is 0.141. The molecule has 1 aromatic rings. The Bertz CT molecular complexity index is 566. The zero-order chi connectivity index (χ0) is 14.9. The molecule has 1 heterocycles. The molecule has 0 amide bonds. The summed E-state index contributed by atoms with van der Waals surface area (Å²) in [6.45, 7) is 2.91. The van der Waals surface area contributed by atoms with Crippen LogP contribution >= 0.6 is 0 Å². The molecular formula is C12H17F2N3O2S. The maximum absolute atomic E-state index is 13.7. The Morgan fingerprint density at radius 1 is 1.15 bits per heavy atom. The SMILES string of the molecule is C[C@H](c1c(F)cccc1F)N1CCN(S(N)(=O)=O)CC1. The Balaban J connectivity index is 2.11. The lowest BCUT2D eigenvalue weighted by Crippen LogP contribution is -2.51. The first-order valence-electron chi connectivity index (χ1n) is 6.26. The first-order chi connectivity index (χ1) is 9.30. The molecule has 1 saturated heterocycles. The van der Waals surface area contributed by atoms with Crippen LogP contribution in [0.4, 0.5) is 8.78 Å². The molecule has 0 saturated carbocycles. The fourth-order valence-corrected chi connectivity index (χ4v) is 3.11. The Morgan fingerprint density at radius 2 is 1.65 bits per heavy atom. The van der Waals surface area contributed by atoms with Crippen LogP contribution in [0.3, 0.4) is 0 Å². The maximum Gasteiger partial charge on any atom is 0.276 e. The van der Waals surface area contributed by atoms with Crippen molar-refractivity contribution in [3.8, 4) is 0 Å². The van der Waals surface area contributed by atoms with E-state index in [1.54, 1.807) is 6.92 Å². The average molecular weight is 305 g/mol. The minimum absolute atomic E-state index is 0.0107. The summed E-state index contributed by atoms with van der Waals surface area (Å²) in [6, 6.07) is 3.30. The van der Waals surface area contributed by atoms with Gasteiger partial charge in [0.1, 0.15) is 11.6 Å². The number of hydrogen-bond acceptors (Lipinski definition) is 3. The summed E-state index contributed by atoms with van der Waals surface area (Å²) in [5, 5.41) is 5.05. The van der Waals surface area contributed by atoms with Gasteiger partial charge in [0.25, 0.3) is 10.2 Å². The van der Waals surface area contributed by atoms with E-state index in [9.17, 15) is 17.2 Å². The Hall–Kier alpha value is -1.09. The summed E-state index contributed by atoms with van der Waals surface area (Å²) in [5.74, 6) is -1.18. The zero-order valence-corrected chi connectivity index (χ0v) is 11.9. The van der Waals surface area contributed by atoms with Gasteiger partial charge in [0.2, 0.25) is 0 Å². The van der Waals surface area contributed by atoms with Crippen LogP contribution in [-0.2, 0) is 10.2 Å². The number of halogens is 2. The van der Waals surface area contributed by atoms with Gasteiger partial charge < -0.3 is 0 Å². The van der Waals surface area contributed by atoms with Gasteiger partial charge in [0.05, 0.1) is 0 Å². The van der Waals surface area contributed by atoms with E-state index >= 15 is 0 Å². The fourth-order valence-electron chi connectivity index (χ4n) is 2.44. The second kappa shape index (κ2) is 5.72. The molecule has 20 heavy (non-hydrogen) atoms. The minimum atomic E-state index is -3.70. The van der Waals surface area contributed by atoms with Crippen molar-refractivity contribution in [2.75, 3.05) is 26.2 Å². The zero-order valence-electron chi connectivity index (χ0n) is 11.1. The van der Waals surface area contributed by atoms with Gasteiger partial charge in [-0.3, -0.25) is 4.90 Å². The van der Waals surface area contributed by atoms with Crippen LogP contribution < -0.4 is 5.14 Å². The quantitative estimate of drug-likeness (QED) is 0.900. The van der Waals surface area contributed by atoms with Gasteiger partial charge in [-0.05, 0) is 19.1 Å². The highest BCUT2D eigenvalue weighted by atomic mass is 32.2. The minimum Gasteiger partial charge on any atom is -0.294 e. The maximum atomic E-state index is 13.7. The van der Waals surface area contributed by atoms with Crippen molar-refractivity contribution in [2.24, 2.45) is 5.14 Å². The normalized spacial score (nSPS) is 20.0. The van der Waals surface area contributed by atoms with E-state index in [2.05, 4.69) is 0 Å². The number of piperazine rings is 1. The largest absolute Gasteiger partial charge is 0.294 e. The van der Waals surface area contributed by atoms with Crippen molar-refractivity contribution < 1.29 is 17.2 Å². The molecule has 5 nitrogen and oxygen atoms in total. The number of hydrogen-bond donors (Lipinski definition) is 1. The first kappa shape index (κ1) is 15.3. The third kappa shape index (κ3) is 3.14. The molecular weight excluding hydrogens is 288 g/mol. The summed E-state index contributed by atoms with van der Waals surface area (Å²) >= 11 is 0. The van der Waals surface area contributed by atoms with E-state index in [1.165, 1.54) is 18.2 Å². The van der Waals surface area contributed by atoms with Crippen LogP contribution in [0.1, 0.15) is 18.5 Å². The van der Waals surface area contributed by atoms with E-state index < -0.39 is 27.9 Å². The predicted octanol–water partition coefficient (Wildman–Crippen LogP) is 0.847. The molecule has 1 fully saturated rings. The fraction of sp³-hybridized carbons (Fsp3) is 0.500. The van der Waals surface area contributed by atoms with Gasteiger partial charge in [-0.1, -0.05) is 6.07 Å². The monoisotopic (exact) mass is 305 g/mol. The average Bonchev–Trinajstić information content (AvgIpc) is 2.37. The smallest absolute Gasteiger partial charge is 0.276 e. The second-order valence-corrected chi connectivity index (χ2v) is 6.34. The van der Waals surface area contributed by atoms with Crippen LogP contribution in [-0.4, -0.2) is 43.8 Å². The van der Waals surface area contributed by atoms with Gasteiger partial charge in [-0.2, -0.15) is 12.7 Å². The summed E-state index contributed by atoms with van der Waals surface area (Å²) in [4.78, 5) is 1.84. The summed E-state index contributed by atoms with van der Waals surface area (Å²) in [6.07, 6.45) is 0. The summed E-state index contributed by atoms with van der Waals surface area (Å²) < 4.78 is 51.0. The van der Waals surface area contributed by atoms with Crippen LogP contribution in [0.25, 0.3) is 0 Å². The number of nitrogens with two attached hydrogens (primary N) is 1. The number of benzene rings is 1. The molecule has 2 N–H and O–H groups in total. The van der Waals surface area contributed by atoms with E-state index in [-0.39, 0.29) is 18.7 Å². The highest BCUT2D eigenvalue weighted by Crippen LogP contribution is 2.26. The summed E-state index contributed by atoms with van der Waals surface area (Å²) in [7, 11) is -3.70. The third-order valence-corrected chi connectivity index (χ3v) is 4.68. The van der Waals surface area contributed by atoms with Gasteiger partial charge in [0, 0.05) is 37.8 Å². The number of rotatable bonds is 3. The highest BCUT2D eigenvalue weighted by Gasteiger charge is 2.29.